The molecule has 0 radical (unpaired) electrons. The van der Waals surface area contributed by atoms with Gasteiger partial charge in [0.05, 0.1) is 6.04 Å². The van der Waals surface area contributed by atoms with Gasteiger partial charge in [-0.25, -0.2) is 13.2 Å². The maximum Gasteiger partial charge on any atom is 0.134 e. The van der Waals surface area contributed by atoms with E-state index in [9.17, 15) is 13.2 Å². The monoisotopic (exact) mass is 293 g/mol. The van der Waals surface area contributed by atoms with Gasteiger partial charge in [0.1, 0.15) is 17.5 Å². The Kier molecular flexibility index (Phi) is 4.37. The smallest absolute Gasteiger partial charge is 0.134 e. The minimum Gasteiger partial charge on any atom is -0.309 e. The second-order valence-electron chi connectivity index (χ2n) is 5.27. The second-order valence-corrected chi connectivity index (χ2v) is 5.27. The third-order valence-electron chi connectivity index (χ3n) is 3.74. The average Bonchev–Trinajstić information content (AvgIpc) is 2.40. The quantitative estimate of drug-likeness (QED) is 0.887. The Balaban J connectivity index is 2.69. The molecule has 2 rings (SSSR count). The van der Waals surface area contributed by atoms with Crippen molar-refractivity contribution in [1.82, 2.24) is 5.32 Å². The molecular weight excluding hydrogens is 275 g/mol. The van der Waals surface area contributed by atoms with E-state index in [1.54, 1.807) is 27.8 Å². The van der Waals surface area contributed by atoms with Crippen molar-refractivity contribution in [2.24, 2.45) is 0 Å². The van der Waals surface area contributed by atoms with Crippen LogP contribution in [0.25, 0.3) is 0 Å². The third-order valence-corrected chi connectivity index (χ3v) is 3.74. The summed E-state index contributed by atoms with van der Waals surface area (Å²) in [5.41, 5.74) is 2.36. The van der Waals surface area contributed by atoms with Crippen molar-refractivity contribution < 1.29 is 13.2 Å². The van der Waals surface area contributed by atoms with Crippen molar-refractivity contribution >= 4 is 0 Å². The molecular formula is C17H18F3N. The van der Waals surface area contributed by atoms with Gasteiger partial charge in [0, 0.05) is 5.56 Å². The zero-order valence-electron chi connectivity index (χ0n) is 12.5. The summed E-state index contributed by atoms with van der Waals surface area (Å²) in [7, 11) is 1.63. The SMILES string of the molecule is CNC(c1c(C)cc(F)cc1C)c1c(F)ccc(C)c1F. The summed E-state index contributed by atoms with van der Waals surface area (Å²) in [6.07, 6.45) is 0. The predicted octanol–water partition coefficient (Wildman–Crippen LogP) is 4.34. The van der Waals surface area contributed by atoms with Gasteiger partial charge in [-0.3, -0.25) is 0 Å². The van der Waals surface area contributed by atoms with Crippen molar-refractivity contribution in [3.63, 3.8) is 0 Å². The zero-order chi connectivity index (χ0) is 15.7. The first-order chi connectivity index (χ1) is 9.86. The van der Waals surface area contributed by atoms with Crippen LogP contribution in [0.2, 0.25) is 0 Å². The van der Waals surface area contributed by atoms with Crippen LogP contribution in [0.15, 0.2) is 24.3 Å². The fourth-order valence-corrected chi connectivity index (χ4v) is 2.75. The number of hydrogen-bond donors (Lipinski definition) is 1. The second kappa shape index (κ2) is 5.90. The molecule has 1 N–H and O–H groups in total. The van der Waals surface area contributed by atoms with Crippen molar-refractivity contribution in [2.75, 3.05) is 7.05 Å². The molecule has 0 aliphatic heterocycles. The number of aryl methyl sites for hydroxylation is 3. The van der Waals surface area contributed by atoms with E-state index < -0.39 is 17.7 Å². The van der Waals surface area contributed by atoms with E-state index in [1.807, 2.05) is 0 Å². The van der Waals surface area contributed by atoms with Crippen LogP contribution in [-0.2, 0) is 0 Å². The molecule has 0 fully saturated rings. The fourth-order valence-electron chi connectivity index (χ4n) is 2.75. The van der Waals surface area contributed by atoms with Crippen LogP contribution in [-0.4, -0.2) is 7.05 Å². The van der Waals surface area contributed by atoms with E-state index in [2.05, 4.69) is 5.32 Å². The molecule has 2 aromatic rings. The first-order valence-corrected chi connectivity index (χ1v) is 6.75. The lowest BCUT2D eigenvalue weighted by atomic mass is 9.90. The summed E-state index contributed by atoms with van der Waals surface area (Å²) in [6.45, 7) is 5.07. The van der Waals surface area contributed by atoms with Crippen LogP contribution in [0, 0.1) is 38.2 Å². The molecule has 112 valence electrons. The molecule has 0 saturated carbocycles. The van der Waals surface area contributed by atoms with Gasteiger partial charge >= 0.3 is 0 Å². The summed E-state index contributed by atoms with van der Waals surface area (Å²) < 4.78 is 41.9. The fraction of sp³-hybridized carbons (Fsp3) is 0.294. The van der Waals surface area contributed by atoms with Crippen LogP contribution < -0.4 is 5.32 Å². The highest BCUT2D eigenvalue weighted by Crippen LogP contribution is 2.32. The molecule has 0 saturated heterocycles. The lowest BCUT2D eigenvalue weighted by molar-refractivity contribution is 0.515. The van der Waals surface area contributed by atoms with Gasteiger partial charge < -0.3 is 5.32 Å². The molecule has 0 amide bonds. The molecule has 21 heavy (non-hydrogen) atoms. The summed E-state index contributed by atoms with van der Waals surface area (Å²) in [4.78, 5) is 0. The maximum atomic E-state index is 14.4. The standard InChI is InChI=1S/C17H18F3N/c1-9-5-6-13(19)15(16(9)20)17(21-4)14-10(2)7-12(18)8-11(14)3/h5-8,17,21H,1-4H3. The molecule has 4 heteroatoms. The summed E-state index contributed by atoms with van der Waals surface area (Å²) in [5.74, 6) is -1.54. The molecule has 0 spiro atoms. The third kappa shape index (κ3) is 2.81. The Bertz CT molecular complexity index is 657. The lowest BCUT2D eigenvalue weighted by Crippen LogP contribution is -2.23. The van der Waals surface area contributed by atoms with Crippen molar-refractivity contribution in [2.45, 2.75) is 26.8 Å². The van der Waals surface area contributed by atoms with E-state index in [4.69, 9.17) is 0 Å². The molecule has 0 heterocycles. The highest BCUT2D eigenvalue weighted by Gasteiger charge is 2.24. The van der Waals surface area contributed by atoms with Crippen LogP contribution >= 0.6 is 0 Å². The molecule has 1 atom stereocenters. The molecule has 2 aromatic carbocycles. The Morgan fingerprint density at radius 2 is 1.43 bits per heavy atom. The Morgan fingerprint density at radius 1 is 0.857 bits per heavy atom. The Hall–Kier alpha value is -1.81. The highest BCUT2D eigenvalue weighted by atomic mass is 19.1. The van der Waals surface area contributed by atoms with Gasteiger partial charge in [-0.1, -0.05) is 6.07 Å². The molecule has 0 aliphatic rings. The minimum absolute atomic E-state index is 0.0321. The van der Waals surface area contributed by atoms with Crippen molar-refractivity contribution in [3.8, 4) is 0 Å². The average molecular weight is 293 g/mol. The maximum absolute atomic E-state index is 14.4. The molecule has 0 bridgehead atoms. The van der Waals surface area contributed by atoms with Gasteiger partial charge in [0.15, 0.2) is 0 Å². The van der Waals surface area contributed by atoms with Gasteiger partial charge in [0.2, 0.25) is 0 Å². The summed E-state index contributed by atoms with van der Waals surface area (Å²) in [6, 6.07) is 4.75. The predicted molar refractivity (Wildman–Crippen MR) is 77.9 cm³/mol. The number of halogens is 3. The van der Waals surface area contributed by atoms with Crippen molar-refractivity contribution in [3.05, 3.63) is 69.5 Å². The molecule has 1 unspecified atom stereocenters. The minimum atomic E-state index is -0.662. The van der Waals surface area contributed by atoms with E-state index >= 15 is 0 Å². The first kappa shape index (κ1) is 15.6. The van der Waals surface area contributed by atoms with Gasteiger partial charge in [-0.2, -0.15) is 0 Å². The van der Waals surface area contributed by atoms with Crippen LogP contribution in [0.3, 0.4) is 0 Å². The van der Waals surface area contributed by atoms with E-state index in [0.29, 0.717) is 22.3 Å². The van der Waals surface area contributed by atoms with Gasteiger partial charge in [-0.05, 0) is 68.3 Å². The van der Waals surface area contributed by atoms with Crippen LogP contribution in [0.4, 0.5) is 13.2 Å². The first-order valence-electron chi connectivity index (χ1n) is 6.75. The normalized spacial score (nSPS) is 12.5. The van der Waals surface area contributed by atoms with Gasteiger partial charge in [-0.15, -0.1) is 0 Å². The number of nitrogens with one attached hydrogen (secondary N) is 1. The van der Waals surface area contributed by atoms with Gasteiger partial charge in [0.25, 0.3) is 0 Å². The lowest BCUT2D eigenvalue weighted by Gasteiger charge is -2.23. The molecule has 0 aliphatic carbocycles. The summed E-state index contributed by atoms with van der Waals surface area (Å²) in [5, 5.41) is 2.94. The van der Waals surface area contributed by atoms with Crippen molar-refractivity contribution in [1.29, 1.82) is 0 Å². The van der Waals surface area contributed by atoms with E-state index in [0.717, 1.165) is 0 Å². The highest BCUT2D eigenvalue weighted by molar-refractivity contribution is 5.44. The number of rotatable bonds is 3. The topological polar surface area (TPSA) is 12.0 Å². The zero-order valence-corrected chi connectivity index (χ0v) is 12.5. The van der Waals surface area contributed by atoms with Crippen LogP contribution in [0.1, 0.15) is 33.9 Å². The Labute approximate surface area is 122 Å². The number of hydrogen-bond acceptors (Lipinski definition) is 1. The van der Waals surface area contributed by atoms with E-state index in [1.165, 1.54) is 24.3 Å². The Morgan fingerprint density at radius 3 is 1.95 bits per heavy atom. The largest absolute Gasteiger partial charge is 0.309 e. The van der Waals surface area contributed by atoms with Crippen LogP contribution in [0.5, 0.6) is 0 Å². The molecule has 1 nitrogen and oxygen atoms in total. The number of benzene rings is 2. The molecule has 0 aromatic heterocycles. The van der Waals surface area contributed by atoms with E-state index in [-0.39, 0.29) is 11.4 Å². The summed E-state index contributed by atoms with van der Waals surface area (Å²) >= 11 is 0.